The Morgan fingerprint density at radius 1 is 0.650 bits per heavy atom. The summed E-state index contributed by atoms with van der Waals surface area (Å²) in [7, 11) is 0. The second-order valence-corrected chi connectivity index (χ2v) is 7.56. The third-order valence-corrected chi connectivity index (χ3v) is 4.42. The first kappa shape index (κ1) is 33.0. The van der Waals surface area contributed by atoms with E-state index < -0.39 is 18.2 Å². The van der Waals surface area contributed by atoms with Crippen LogP contribution in [0.25, 0.3) is 0 Å². The SMILES string of the molecule is CC(O)Oc1ccccc1.O=C(O)c1ccccc1O.O=C(O)c1ccccc1O.OCCOc1ccccc1. The maximum atomic E-state index is 10.3. The number of aliphatic hydroxyl groups excluding tert-OH is 2. The van der Waals surface area contributed by atoms with Gasteiger partial charge in [0.05, 0.1) is 6.61 Å². The van der Waals surface area contributed by atoms with Gasteiger partial charge in [-0.1, -0.05) is 60.7 Å². The van der Waals surface area contributed by atoms with Crippen LogP contribution in [-0.4, -0.2) is 62.1 Å². The molecule has 0 aliphatic carbocycles. The Hall–Kier alpha value is -5.06. The van der Waals surface area contributed by atoms with Gasteiger partial charge in [-0.15, -0.1) is 0 Å². The number of aromatic hydroxyl groups is 2. The normalized spacial score (nSPS) is 10.1. The highest BCUT2D eigenvalue weighted by Gasteiger charge is 2.06. The van der Waals surface area contributed by atoms with Gasteiger partial charge in [0.25, 0.3) is 0 Å². The minimum Gasteiger partial charge on any atom is -0.507 e. The van der Waals surface area contributed by atoms with Crippen molar-refractivity contribution in [2.24, 2.45) is 0 Å². The molecule has 0 bridgehead atoms. The Morgan fingerprint density at radius 3 is 1.35 bits per heavy atom. The van der Waals surface area contributed by atoms with Gasteiger partial charge in [-0.25, -0.2) is 9.59 Å². The molecule has 0 aromatic heterocycles. The number of carboxylic acids is 2. The molecular formula is C30H32O10. The first-order valence-corrected chi connectivity index (χ1v) is 11.9. The number of rotatable bonds is 7. The van der Waals surface area contributed by atoms with E-state index in [-0.39, 0.29) is 29.2 Å². The minimum atomic E-state index is -1.11. The molecule has 0 saturated carbocycles. The van der Waals surface area contributed by atoms with Gasteiger partial charge in [0.2, 0.25) is 0 Å². The third kappa shape index (κ3) is 14.0. The number of benzene rings is 4. The number of hydrogen-bond acceptors (Lipinski definition) is 8. The number of carbonyl (C=O) groups is 2. The van der Waals surface area contributed by atoms with E-state index in [0.29, 0.717) is 12.4 Å². The van der Waals surface area contributed by atoms with Gasteiger partial charge in [0.15, 0.2) is 6.29 Å². The van der Waals surface area contributed by atoms with Crippen LogP contribution in [0.4, 0.5) is 0 Å². The molecule has 212 valence electrons. The van der Waals surface area contributed by atoms with Gasteiger partial charge >= 0.3 is 11.9 Å². The molecule has 0 heterocycles. The van der Waals surface area contributed by atoms with Crippen molar-refractivity contribution < 1.29 is 49.7 Å². The number of ether oxygens (including phenoxy) is 2. The molecule has 10 heteroatoms. The molecule has 1 unspecified atom stereocenters. The lowest BCUT2D eigenvalue weighted by Gasteiger charge is -2.06. The van der Waals surface area contributed by atoms with E-state index in [1.54, 1.807) is 43.3 Å². The highest BCUT2D eigenvalue weighted by molar-refractivity contribution is 5.91. The zero-order valence-electron chi connectivity index (χ0n) is 21.7. The minimum absolute atomic E-state index is 0.0644. The topological polar surface area (TPSA) is 174 Å². The van der Waals surface area contributed by atoms with Crippen molar-refractivity contribution in [3.05, 3.63) is 120 Å². The molecule has 10 nitrogen and oxygen atoms in total. The summed E-state index contributed by atoms with van der Waals surface area (Å²) in [5.41, 5.74) is -0.134. The first-order valence-electron chi connectivity index (χ1n) is 11.9. The Kier molecular flexibility index (Phi) is 15.7. The van der Waals surface area contributed by atoms with E-state index in [0.717, 1.165) is 5.75 Å². The Labute approximate surface area is 231 Å². The van der Waals surface area contributed by atoms with Crippen LogP contribution in [0.1, 0.15) is 27.6 Å². The van der Waals surface area contributed by atoms with Crippen molar-refractivity contribution in [2.45, 2.75) is 13.2 Å². The summed E-state index contributed by atoms with van der Waals surface area (Å²) >= 11 is 0. The lowest BCUT2D eigenvalue weighted by molar-refractivity contribution is -0.000310. The van der Waals surface area contributed by atoms with Crippen molar-refractivity contribution in [3.63, 3.8) is 0 Å². The second kappa shape index (κ2) is 19.1. The highest BCUT2D eigenvalue weighted by Crippen LogP contribution is 2.15. The Morgan fingerprint density at radius 2 is 1.02 bits per heavy atom. The summed E-state index contributed by atoms with van der Waals surface area (Å²) in [6.45, 7) is 2.01. The molecule has 0 spiro atoms. The number of carboxylic acid groups (broad SMARTS) is 2. The maximum Gasteiger partial charge on any atom is 0.339 e. The standard InChI is InChI=1S/2C8H10O2.2C7H6O3/c1-7(9)10-8-5-3-2-4-6-8;9-6-7-10-8-4-2-1-3-5-8;2*8-6-4-2-1-3-5(6)7(9)10/h2-7,9H,1H3;1-5,9H,6-7H2;2*1-4,8H,(H,9,10). The number of aliphatic hydroxyl groups is 2. The van der Waals surface area contributed by atoms with Crippen LogP contribution in [0.5, 0.6) is 23.0 Å². The van der Waals surface area contributed by atoms with Gasteiger partial charge in [-0.05, 0) is 55.5 Å². The van der Waals surface area contributed by atoms with Gasteiger partial charge in [-0.2, -0.15) is 0 Å². The van der Waals surface area contributed by atoms with Crippen molar-refractivity contribution in [2.75, 3.05) is 13.2 Å². The molecule has 0 fully saturated rings. The van der Waals surface area contributed by atoms with E-state index in [4.69, 9.17) is 40.1 Å². The predicted molar refractivity (Wildman–Crippen MR) is 148 cm³/mol. The van der Waals surface area contributed by atoms with Crippen LogP contribution in [0.2, 0.25) is 0 Å². The average Bonchev–Trinajstić information content (AvgIpc) is 2.94. The van der Waals surface area contributed by atoms with E-state index in [1.165, 1.54) is 24.3 Å². The molecule has 0 radical (unpaired) electrons. The monoisotopic (exact) mass is 552 g/mol. The smallest absolute Gasteiger partial charge is 0.339 e. The second-order valence-electron chi connectivity index (χ2n) is 7.56. The molecule has 0 amide bonds. The summed E-state index contributed by atoms with van der Waals surface area (Å²) in [5, 5.41) is 51.8. The fourth-order valence-corrected chi connectivity index (χ4v) is 2.69. The van der Waals surface area contributed by atoms with Crippen LogP contribution in [-0.2, 0) is 0 Å². The molecule has 4 rings (SSSR count). The molecule has 4 aromatic carbocycles. The summed E-state index contributed by atoms with van der Waals surface area (Å²) in [6.07, 6.45) is -0.734. The van der Waals surface area contributed by atoms with Gasteiger partial charge in [0.1, 0.15) is 40.7 Å². The van der Waals surface area contributed by atoms with Crippen LogP contribution in [0, 0.1) is 0 Å². The van der Waals surface area contributed by atoms with Crippen molar-refractivity contribution >= 4 is 11.9 Å². The fraction of sp³-hybridized carbons (Fsp3) is 0.133. The molecule has 1 atom stereocenters. The molecule has 0 aliphatic heterocycles. The molecule has 4 aromatic rings. The van der Waals surface area contributed by atoms with Crippen molar-refractivity contribution in [1.82, 2.24) is 0 Å². The summed E-state index contributed by atoms with van der Waals surface area (Å²) in [4.78, 5) is 20.5. The predicted octanol–water partition coefficient (Wildman–Crippen LogP) is 4.64. The third-order valence-electron chi connectivity index (χ3n) is 4.42. The van der Waals surface area contributed by atoms with Crippen LogP contribution >= 0.6 is 0 Å². The Balaban J connectivity index is 0.000000267. The van der Waals surface area contributed by atoms with Gasteiger partial charge < -0.3 is 40.1 Å². The van der Waals surface area contributed by atoms with E-state index >= 15 is 0 Å². The number of hydrogen-bond donors (Lipinski definition) is 6. The Bertz CT molecular complexity index is 1210. The summed E-state index contributed by atoms with van der Waals surface area (Å²) in [6, 6.07) is 30.3. The van der Waals surface area contributed by atoms with E-state index in [2.05, 4.69) is 0 Å². The molecule has 0 saturated heterocycles. The quantitative estimate of drug-likeness (QED) is 0.177. The van der Waals surface area contributed by atoms with Gasteiger partial charge in [0, 0.05) is 0 Å². The lowest BCUT2D eigenvalue weighted by atomic mass is 10.2. The number of aromatic carboxylic acids is 2. The van der Waals surface area contributed by atoms with Crippen molar-refractivity contribution in [3.8, 4) is 23.0 Å². The van der Waals surface area contributed by atoms with Crippen LogP contribution < -0.4 is 9.47 Å². The number of phenols is 2. The summed E-state index contributed by atoms with van der Waals surface area (Å²) in [5.74, 6) is -1.13. The number of para-hydroxylation sites is 4. The molecule has 40 heavy (non-hydrogen) atoms. The van der Waals surface area contributed by atoms with Crippen LogP contribution in [0.3, 0.4) is 0 Å². The average molecular weight is 553 g/mol. The van der Waals surface area contributed by atoms with E-state index in [1.807, 2.05) is 48.5 Å². The molecule has 6 N–H and O–H groups in total. The summed E-state index contributed by atoms with van der Waals surface area (Å²) < 4.78 is 10.1. The maximum absolute atomic E-state index is 10.3. The van der Waals surface area contributed by atoms with Gasteiger partial charge in [-0.3, -0.25) is 0 Å². The van der Waals surface area contributed by atoms with E-state index in [9.17, 15) is 9.59 Å². The molecular weight excluding hydrogens is 520 g/mol. The van der Waals surface area contributed by atoms with Crippen molar-refractivity contribution in [1.29, 1.82) is 0 Å². The largest absolute Gasteiger partial charge is 0.507 e. The fourth-order valence-electron chi connectivity index (χ4n) is 2.69. The highest BCUT2D eigenvalue weighted by atomic mass is 16.6. The van der Waals surface area contributed by atoms with Crippen LogP contribution in [0.15, 0.2) is 109 Å². The first-order chi connectivity index (χ1) is 19.1. The lowest BCUT2D eigenvalue weighted by Crippen LogP contribution is -2.08. The molecule has 0 aliphatic rings. The zero-order valence-corrected chi connectivity index (χ0v) is 21.7. The zero-order chi connectivity index (χ0) is 29.8.